The first kappa shape index (κ1) is 14.8. The maximum Gasteiger partial charge on any atom is 0.255 e. The zero-order valence-electron chi connectivity index (χ0n) is 12.4. The van der Waals surface area contributed by atoms with E-state index >= 15 is 0 Å². The maximum atomic E-state index is 5.51. The first-order valence-electron chi connectivity index (χ1n) is 7.14. The van der Waals surface area contributed by atoms with E-state index in [9.17, 15) is 0 Å². The van der Waals surface area contributed by atoms with E-state index in [2.05, 4.69) is 44.8 Å². The van der Waals surface area contributed by atoms with Gasteiger partial charge in [-0.15, -0.1) is 5.10 Å². The standard InChI is InChI=1S/C15H18N6S/c1-11-10-13(19-16)21-14(17-11)18-15(20-21)22-9-5-8-12-6-3-2-4-7-12/h2-4,6-7,10,19H,5,8-9,16H2,1H3. The molecule has 3 rings (SSSR count). The van der Waals surface area contributed by atoms with Crippen molar-refractivity contribution in [1.82, 2.24) is 19.6 Å². The molecule has 0 unspecified atom stereocenters. The smallest absolute Gasteiger partial charge is 0.255 e. The Labute approximate surface area is 133 Å². The molecule has 1 aromatic carbocycles. The van der Waals surface area contributed by atoms with Gasteiger partial charge in [-0.1, -0.05) is 42.1 Å². The zero-order chi connectivity index (χ0) is 15.4. The van der Waals surface area contributed by atoms with Gasteiger partial charge in [-0.3, -0.25) is 0 Å². The van der Waals surface area contributed by atoms with E-state index < -0.39 is 0 Å². The molecule has 0 bridgehead atoms. The molecule has 3 aromatic rings. The minimum atomic E-state index is 0.568. The Kier molecular flexibility index (Phi) is 4.55. The summed E-state index contributed by atoms with van der Waals surface area (Å²) in [5.74, 6) is 7.73. The molecule has 0 aliphatic heterocycles. The van der Waals surface area contributed by atoms with Gasteiger partial charge in [-0.05, 0) is 25.3 Å². The van der Waals surface area contributed by atoms with Crippen molar-refractivity contribution in [3.05, 3.63) is 47.7 Å². The average Bonchev–Trinajstić information content (AvgIpc) is 2.94. The van der Waals surface area contributed by atoms with Crippen LogP contribution in [0.25, 0.3) is 5.78 Å². The number of nitrogen functional groups attached to an aromatic ring is 1. The number of aryl methyl sites for hydroxylation is 2. The second-order valence-electron chi connectivity index (χ2n) is 4.97. The Hall–Kier alpha value is -2.12. The Bertz CT molecular complexity index is 755. The number of nitrogens with zero attached hydrogens (tertiary/aromatic N) is 4. The van der Waals surface area contributed by atoms with Gasteiger partial charge < -0.3 is 5.43 Å². The van der Waals surface area contributed by atoms with E-state index in [0.29, 0.717) is 11.6 Å². The number of anilines is 1. The second kappa shape index (κ2) is 6.76. The molecule has 0 aliphatic carbocycles. The summed E-state index contributed by atoms with van der Waals surface area (Å²) < 4.78 is 1.63. The van der Waals surface area contributed by atoms with Crippen LogP contribution in [0, 0.1) is 6.92 Å². The SMILES string of the molecule is Cc1cc(NN)n2nc(SCCCc3ccccc3)nc2n1. The molecule has 2 heterocycles. The highest BCUT2D eigenvalue weighted by Crippen LogP contribution is 2.18. The molecule has 7 heteroatoms. The third-order valence-corrected chi connectivity index (χ3v) is 4.18. The minimum Gasteiger partial charge on any atom is -0.308 e. The van der Waals surface area contributed by atoms with Crippen molar-refractivity contribution in [3.8, 4) is 0 Å². The molecule has 0 amide bonds. The van der Waals surface area contributed by atoms with E-state index in [1.165, 1.54) is 5.56 Å². The van der Waals surface area contributed by atoms with E-state index in [-0.39, 0.29) is 0 Å². The fourth-order valence-electron chi connectivity index (χ4n) is 2.22. The highest BCUT2D eigenvalue weighted by atomic mass is 32.2. The number of fused-ring (bicyclic) bond motifs is 1. The summed E-state index contributed by atoms with van der Waals surface area (Å²) in [5, 5.41) is 5.16. The summed E-state index contributed by atoms with van der Waals surface area (Å²) in [7, 11) is 0. The number of hydrogen-bond acceptors (Lipinski definition) is 6. The Morgan fingerprint density at radius 1 is 1.23 bits per heavy atom. The monoisotopic (exact) mass is 314 g/mol. The highest BCUT2D eigenvalue weighted by Gasteiger charge is 2.09. The highest BCUT2D eigenvalue weighted by molar-refractivity contribution is 7.99. The second-order valence-corrected chi connectivity index (χ2v) is 6.03. The number of benzene rings is 1. The van der Waals surface area contributed by atoms with Crippen LogP contribution in [0.1, 0.15) is 17.7 Å². The molecule has 0 atom stereocenters. The fraction of sp³-hybridized carbons (Fsp3) is 0.267. The van der Waals surface area contributed by atoms with Crippen LogP contribution >= 0.6 is 11.8 Å². The first-order chi connectivity index (χ1) is 10.8. The summed E-state index contributed by atoms with van der Waals surface area (Å²) >= 11 is 1.64. The molecule has 22 heavy (non-hydrogen) atoms. The number of rotatable bonds is 6. The van der Waals surface area contributed by atoms with Gasteiger partial charge in [0.05, 0.1) is 0 Å². The molecule has 0 spiro atoms. The van der Waals surface area contributed by atoms with Crippen molar-refractivity contribution in [3.63, 3.8) is 0 Å². The van der Waals surface area contributed by atoms with Gasteiger partial charge in [-0.25, -0.2) is 10.8 Å². The number of aromatic nitrogens is 4. The summed E-state index contributed by atoms with van der Waals surface area (Å²) in [6, 6.07) is 12.3. The summed E-state index contributed by atoms with van der Waals surface area (Å²) in [6.45, 7) is 1.90. The van der Waals surface area contributed by atoms with Gasteiger partial charge in [0.15, 0.2) is 0 Å². The third kappa shape index (κ3) is 3.37. The number of hydrogen-bond donors (Lipinski definition) is 2. The van der Waals surface area contributed by atoms with Crippen LogP contribution in [-0.4, -0.2) is 25.3 Å². The number of nitrogens with one attached hydrogen (secondary N) is 1. The lowest BCUT2D eigenvalue weighted by molar-refractivity contribution is 0.871. The molecular formula is C15H18N6S. The molecule has 0 fully saturated rings. The van der Waals surface area contributed by atoms with Crippen molar-refractivity contribution in [2.45, 2.75) is 24.9 Å². The van der Waals surface area contributed by atoms with E-state index in [1.54, 1.807) is 16.3 Å². The van der Waals surface area contributed by atoms with E-state index in [4.69, 9.17) is 5.84 Å². The van der Waals surface area contributed by atoms with Crippen LogP contribution in [0.15, 0.2) is 41.6 Å². The lowest BCUT2D eigenvalue weighted by Crippen LogP contribution is -2.12. The topological polar surface area (TPSA) is 81.1 Å². The van der Waals surface area contributed by atoms with E-state index in [0.717, 1.165) is 29.4 Å². The number of hydrazine groups is 1. The Morgan fingerprint density at radius 2 is 2.05 bits per heavy atom. The predicted molar refractivity (Wildman–Crippen MR) is 88.8 cm³/mol. The summed E-state index contributed by atoms with van der Waals surface area (Å²) in [5.41, 5.74) is 4.84. The average molecular weight is 314 g/mol. The quantitative estimate of drug-likeness (QED) is 0.315. The fourth-order valence-corrected chi connectivity index (χ4v) is 2.97. The van der Waals surface area contributed by atoms with Gasteiger partial charge in [0.1, 0.15) is 5.82 Å². The zero-order valence-corrected chi connectivity index (χ0v) is 13.2. The van der Waals surface area contributed by atoms with Crippen LogP contribution in [0.2, 0.25) is 0 Å². The van der Waals surface area contributed by atoms with Crippen molar-refractivity contribution < 1.29 is 0 Å². The van der Waals surface area contributed by atoms with Gasteiger partial charge in [0, 0.05) is 17.5 Å². The molecule has 6 nitrogen and oxygen atoms in total. The molecule has 114 valence electrons. The molecule has 0 radical (unpaired) electrons. The molecule has 2 aromatic heterocycles. The summed E-state index contributed by atoms with van der Waals surface area (Å²) in [6.07, 6.45) is 2.15. The molecule has 3 N–H and O–H groups in total. The lowest BCUT2D eigenvalue weighted by Gasteiger charge is -2.02. The molecule has 0 aliphatic rings. The van der Waals surface area contributed by atoms with E-state index in [1.807, 2.05) is 19.1 Å². The maximum absolute atomic E-state index is 5.51. The first-order valence-corrected chi connectivity index (χ1v) is 8.12. The molecule has 0 saturated carbocycles. The van der Waals surface area contributed by atoms with Crippen LogP contribution in [-0.2, 0) is 6.42 Å². The van der Waals surface area contributed by atoms with Gasteiger partial charge in [0.2, 0.25) is 5.16 Å². The third-order valence-electron chi connectivity index (χ3n) is 3.25. The van der Waals surface area contributed by atoms with Crippen molar-refractivity contribution in [1.29, 1.82) is 0 Å². The number of nitrogens with two attached hydrogens (primary N) is 1. The normalized spacial score (nSPS) is 11.0. The predicted octanol–water partition coefficient (Wildman–Crippen LogP) is 2.44. The summed E-state index contributed by atoms with van der Waals surface area (Å²) in [4.78, 5) is 8.80. The van der Waals surface area contributed by atoms with Gasteiger partial charge >= 0.3 is 0 Å². The van der Waals surface area contributed by atoms with Crippen LogP contribution in [0.3, 0.4) is 0 Å². The van der Waals surface area contributed by atoms with Crippen molar-refractivity contribution in [2.24, 2.45) is 5.84 Å². The van der Waals surface area contributed by atoms with Crippen molar-refractivity contribution in [2.75, 3.05) is 11.2 Å². The Balaban J connectivity index is 1.62. The van der Waals surface area contributed by atoms with Crippen LogP contribution in [0.5, 0.6) is 0 Å². The van der Waals surface area contributed by atoms with Gasteiger partial charge in [-0.2, -0.15) is 9.50 Å². The Morgan fingerprint density at radius 3 is 2.82 bits per heavy atom. The van der Waals surface area contributed by atoms with Crippen molar-refractivity contribution >= 4 is 23.4 Å². The lowest BCUT2D eigenvalue weighted by atomic mass is 10.1. The van der Waals surface area contributed by atoms with Crippen LogP contribution in [0.4, 0.5) is 5.82 Å². The van der Waals surface area contributed by atoms with Gasteiger partial charge in [0.25, 0.3) is 5.78 Å². The number of thioether (sulfide) groups is 1. The molecule has 0 saturated heterocycles. The minimum absolute atomic E-state index is 0.568. The van der Waals surface area contributed by atoms with Crippen LogP contribution < -0.4 is 11.3 Å². The molecular weight excluding hydrogens is 296 g/mol. The largest absolute Gasteiger partial charge is 0.308 e.